The Balaban J connectivity index is 2.18. The molecule has 2 rings (SSSR count). The lowest BCUT2D eigenvalue weighted by Crippen LogP contribution is -2.48. The van der Waals surface area contributed by atoms with E-state index in [4.69, 9.17) is 5.73 Å². The zero-order valence-corrected chi connectivity index (χ0v) is 11.2. The van der Waals surface area contributed by atoms with Crippen molar-refractivity contribution in [3.05, 3.63) is 30.3 Å². The van der Waals surface area contributed by atoms with Crippen LogP contribution in [0.1, 0.15) is 26.7 Å². The molecule has 1 heterocycles. The van der Waals surface area contributed by atoms with Crippen LogP contribution in [0.2, 0.25) is 0 Å². The lowest BCUT2D eigenvalue weighted by Gasteiger charge is -2.42. The molecule has 18 heavy (non-hydrogen) atoms. The molecule has 2 unspecified atom stereocenters. The molecular weight excluding hydrogens is 224 g/mol. The van der Waals surface area contributed by atoms with Gasteiger partial charge in [0.2, 0.25) is 5.91 Å². The first-order chi connectivity index (χ1) is 8.59. The first kappa shape index (κ1) is 12.9. The Kier molecular flexibility index (Phi) is 3.90. The van der Waals surface area contributed by atoms with Crippen molar-refractivity contribution in [3.8, 4) is 0 Å². The van der Waals surface area contributed by atoms with Crippen LogP contribution in [0.4, 0.5) is 5.69 Å². The van der Waals surface area contributed by atoms with Crippen LogP contribution in [-0.4, -0.2) is 18.5 Å². The van der Waals surface area contributed by atoms with Crippen molar-refractivity contribution < 1.29 is 4.79 Å². The highest BCUT2D eigenvalue weighted by Crippen LogP contribution is 2.31. The summed E-state index contributed by atoms with van der Waals surface area (Å²) >= 11 is 0. The van der Waals surface area contributed by atoms with Crippen LogP contribution in [0.5, 0.6) is 0 Å². The Morgan fingerprint density at radius 3 is 2.56 bits per heavy atom. The number of amides is 1. The molecule has 98 valence electrons. The number of hydrogen-bond donors (Lipinski definition) is 1. The Hall–Kier alpha value is -1.51. The van der Waals surface area contributed by atoms with Gasteiger partial charge in [0, 0.05) is 24.2 Å². The molecular formula is C15H22N2O. The van der Waals surface area contributed by atoms with Gasteiger partial charge in [-0.1, -0.05) is 32.0 Å². The molecule has 0 saturated carbocycles. The highest BCUT2D eigenvalue weighted by molar-refractivity contribution is 5.77. The molecule has 2 N–H and O–H groups in total. The van der Waals surface area contributed by atoms with Crippen LogP contribution in [0, 0.1) is 11.8 Å². The van der Waals surface area contributed by atoms with Gasteiger partial charge in [0.15, 0.2) is 0 Å². The van der Waals surface area contributed by atoms with Crippen LogP contribution >= 0.6 is 0 Å². The molecule has 0 radical (unpaired) electrons. The fourth-order valence-electron chi connectivity index (χ4n) is 2.83. The zero-order chi connectivity index (χ0) is 13.1. The maximum Gasteiger partial charge on any atom is 0.220 e. The van der Waals surface area contributed by atoms with E-state index in [0.29, 0.717) is 12.0 Å². The number of hydrogen-bond acceptors (Lipinski definition) is 2. The van der Waals surface area contributed by atoms with E-state index in [2.05, 4.69) is 43.0 Å². The molecule has 0 aromatic heterocycles. The quantitative estimate of drug-likeness (QED) is 0.890. The fraction of sp³-hybridized carbons (Fsp3) is 0.533. The van der Waals surface area contributed by atoms with Crippen LogP contribution < -0.4 is 10.6 Å². The molecule has 0 aliphatic carbocycles. The number of primary amides is 1. The topological polar surface area (TPSA) is 46.3 Å². The first-order valence-corrected chi connectivity index (χ1v) is 6.70. The van der Waals surface area contributed by atoms with Crippen LogP contribution in [0.3, 0.4) is 0 Å². The van der Waals surface area contributed by atoms with Crippen LogP contribution in [-0.2, 0) is 4.79 Å². The van der Waals surface area contributed by atoms with Crippen molar-refractivity contribution in [1.82, 2.24) is 0 Å². The molecule has 0 bridgehead atoms. The predicted octanol–water partition coefficient (Wildman–Crippen LogP) is 2.41. The molecule has 1 aliphatic rings. The van der Waals surface area contributed by atoms with E-state index >= 15 is 0 Å². The molecule has 1 saturated heterocycles. The minimum Gasteiger partial charge on any atom is -0.369 e. The highest BCUT2D eigenvalue weighted by atomic mass is 16.1. The summed E-state index contributed by atoms with van der Waals surface area (Å²) in [6.45, 7) is 5.34. The first-order valence-electron chi connectivity index (χ1n) is 6.70. The number of carbonyl (C=O) groups is 1. The predicted molar refractivity (Wildman–Crippen MR) is 74.3 cm³/mol. The zero-order valence-electron chi connectivity index (χ0n) is 11.2. The number of piperidine rings is 1. The minimum atomic E-state index is -0.145. The van der Waals surface area contributed by atoms with E-state index in [1.165, 1.54) is 5.69 Å². The van der Waals surface area contributed by atoms with Gasteiger partial charge in [-0.05, 0) is 30.9 Å². The lowest BCUT2D eigenvalue weighted by atomic mass is 9.84. The van der Waals surface area contributed by atoms with Gasteiger partial charge in [-0.25, -0.2) is 0 Å². The largest absolute Gasteiger partial charge is 0.369 e. The summed E-state index contributed by atoms with van der Waals surface area (Å²) in [6.07, 6.45) is 1.75. The standard InChI is InChI=1S/C15H22N2O/c1-11(2)14-10-12(15(16)18)8-9-17(14)13-6-4-3-5-7-13/h3-7,11-12,14H,8-10H2,1-2H3,(H2,16,18). The Morgan fingerprint density at radius 2 is 2.00 bits per heavy atom. The van der Waals surface area contributed by atoms with E-state index in [0.717, 1.165) is 19.4 Å². The van der Waals surface area contributed by atoms with Gasteiger partial charge in [-0.15, -0.1) is 0 Å². The highest BCUT2D eigenvalue weighted by Gasteiger charge is 2.32. The average Bonchev–Trinajstić information content (AvgIpc) is 2.39. The Morgan fingerprint density at radius 1 is 1.33 bits per heavy atom. The third kappa shape index (κ3) is 2.66. The molecule has 3 nitrogen and oxygen atoms in total. The summed E-state index contributed by atoms with van der Waals surface area (Å²) in [7, 11) is 0. The van der Waals surface area contributed by atoms with Crippen LogP contribution in [0.15, 0.2) is 30.3 Å². The second-order valence-electron chi connectivity index (χ2n) is 5.46. The third-order valence-corrected chi connectivity index (χ3v) is 3.90. The van der Waals surface area contributed by atoms with E-state index < -0.39 is 0 Å². The van der Waals surface area contributed by atoms with Gasteiger partial charge in [0.1, 0.15) is 0 Å². The summed E-state index contributed by atoms with van der Waals surface area (Å²) in [5.41, 5.74) is 6.71. The second-order valence-corrected chi connectivity index (χ2v) is 5.46. The molecule has 3 heteroatoms. The summed E-state index contributed by atoms with van der Waals surface area (Å²) in [5, 5.41) is 0. The van der Waals surface area contributed by atoms with Gasteiger partial charge in [-0.3, -0.25) is 4.79 Å². The Labute approximate surface area is 109 Å². The summed E-state index contributed by atoms with van der Waals surface area (Å²) in [6, 6.07) is 10.8. The van der Waals surface area contributed by atoms with Gasteiger partial charge in [-0.2, -0.15) is 0 Å². The monoisotopic (exact) mass is 246 g/mol. The summed E-state index contributed by atoms with van der Waals surface area (Å²) in [4.78, 5) is 13.8. The van der Waals surface area contributed by atoms with Gasteiger partial charge < -0.3 is 10.6 Å². The number of nitrogens with zero attached hydrogens (tertiary/aromatic N) is 1. The number of nitrogens with two attached hydrogens (primary N) is 1. The average molecular weight is 246 g/mol. The number of carbonyl (C=O) groups excluding carboxylic acids is 1. The van der Waals surface area contributed by atoms with E-state index in [-0.39, 0.29) is 11.8 Å². The maximum absolute atomic E-state index is 11.4. The molecule has 1 fully saturated rings. The third-order valence-electron chi connectivity index (χ3n) is 3.90. The maximum atomic E-state index is 11.4. The summed E-state index contributed by atoms with van der Waals surface area (Å²) < 4.78 is 0. The van der Waals surface area contributed by atoms with E-state index in [9.17, 15) is 4.79 Å². The Bertz CT molecular complexity index is 402. The lowest BCUT2D eigenvalue weighted by molar-refractivity contribution is -0.122. The molecule has 2 atom stereocenters. The SMILES string of the molecule is CC(C)C1CC(C(N)=O)CCN1c1ccccc1. The van der Waals surface area contributed by atoms with Crippen LogP contribution in [0.25, 0.3) is 0 Å². The second kappa shape index (κ2) is 5.42. The van der Waals surface area contributed by atoms with Crippen molar-refractivity contribution in [2.24, 2.45) is 17.6 Å². The van der Waals surface area contributed by atoms with Crippen molar-refractivity contribution in [2.45, 2.75) is 32.7 Å². The van der Waals surface area contributed by atoms with Gasteiger partial charge >= 0.3 is 0 Å². The molecule has 0 spiro atoms. The molecule has 1 amide bonds. The van der Waals surface area contributed by atoms with E-state index in [1.807, 2.05) is 6.07 Å². The molecule has 1 aromatic rings. The van der Waals surface area contributed by atoms with Crippen molar-refractivity contribution in [1.29, 1.82) is 0 Å². The fourth-order valence-corrected chi connectivity index (χ4v) is 2.83. The number of rotatable bonds is 3. The van der Waals surface area contributed by atoms with Crippen molar-refractivity contribution >= 4 is 11.6 Å². The number of anilines is 1. The van der Waals surface area contributed by atoms with Gasteiger partial charge in [0.05, 0.1) is 0 Å². The van der Waals surface area contributed by atoms with Crippen molar-refractivity contribution in [2.75, 3.05) is 11.4 Å². The van der Waals surface area contributed by atoms with E-state index in [1.54, 1.807) is 0 Å². The molecule has 1 aromatic carbocycles. The smallest absolute Gasteiger partial charge is 0.220 e. The number of benzene rings is 1. The summed E-state index contributed by atoms with van der Waals surface area (Å²) in [5.74, 6) is 0.415. The normalized spacial score (nSPS) is 24.3. The number of para-hydroxylation sites is 1. The van der Waals surface area contributed by atoms with Crippen molar-refractivity contribution in [3.63, 3.8) is 0 Å². The van der Waals surface area contributed by atoms with Gasteiger partial charge in [0.25, 0.3) is 0 Å². The molecule has 1 aliphatic heterocycles. The minimum absolute atomic E-state index is 0.0392.